The van der Waals surface area contributed by atoms with Gasteiger partial charge in [-0.05, 0) is 18.6 Å². The molecule has 0 spiro atoms. The summed E-state index contributed by atoms with van der Waals surface area (Å²) in [6, 6.07) is 0.333. The Morgan fingerprint density at radius 2 is 2.08 bits per heavy atom. The van der Waals surface area contributed by atoms with Gasteiger partial charge in [-0.3, -0.25) is 4.79 Å². The lowest BCUT2D eigenvalue weighted by atomic mass is 10.1. The average molecular weight is 375 g/mol. The van der Waals surface area contributed by atoms with Crippen LogP contribution in [0.3, 0.4) is 0 Å². The third-order valence-electron chi connectivity index (χ3n) is 4.46. The predicted molar refractivity (Wildman–Crippen MR) is 83.8 cm³/mol. The molecule has 136 valence electrons. The zero-order chi connectivity index (χ0) is 18.4. The minimum absolute atomic E-state index is 0.0289. The predicted octanol–water partition coefficient (Wildman–Crippen LogP) is 1.48. The number of carbonyl (C=O) groups is 1. The van der Waals surface area contributed by atoms with Gasteiger partial charge in [-0.2, -0.15) is 13.2 Å². The second-order valence-electron chi connectivity index (χ2n) is 5.99. The van der Waals surface area contributed by atoms with Crippen molar-refractivity contribution in [2.75, 3.05) is 30.3 Å². The maximum atomic E-state index is 12.9. The molecule has 1 saturated heterocycles. The summed E-state index contributed by atoms with van der Waals surface area (Å²) in [5, 5.41) is 0. The lowest BCUT2D eigenvalue weighted by Gasteiger charge is -2.41. The van der Waals surface area contributed by atoms with Gasteiger partial charge in [0.1, 0.15) is 10.7 Å². The van der Waals surface area contributed by atoms with Crippen molar-refractivity contribution < 1.29 is 26.4 Å². The van der Waals surface area contributed by atoms with Crippen LogP contribution < -0.4 is 4.90 Å². The first-order valence-electron chi connectivity index (χ1n) is 7.61. The summed E-state index contributed by atoms with van der Waals surface area (Å²) in [5.74, 6) is -0.520. The number of nitrogens with zero attached hydrogens (tertiary/aromatic N) is 3. The molecule has 0 aliphatic carbocycles. The van der Waals surface area contributed by atoms with Gasteiger partial charge in [0, 0.05) is 31.9 Å². The highest BCUT2D eigenvalue weighted by Gasteiger charge is 2.39. The van der Waals surface area contributed by atoms with E-state index < -0.39 is 26.5 Å². The SMILES string of the molecule is C=CC(=O)N1CCN2c3ncc(C(F)(F)F)cc3S(=O)(=O)CC[C@H]2C1. The van der Waals surface area contributed by atoms with Gasteiger partial charge in [0.15, 0.2) is 9.84 Å². The van der Waals surface area contributed by atoms with E-state index in [2.05, 4.69) is 11.6 Å². The van der Waals surface area contributed by atoms with Crippen LogP contribution in [0, 0.1) is 0 Å². The van der Waals surface area contributed by atoms with Crippen molar-refractivity contribution in [1.29, 1.82) is 0 Å². The van der Waals surface area contributed by atoms with Gasteiger partial charge in [-0.1, -0.05) is 6.58 Å². The lowest BCUT2D eigenvalue weighted by molar-refractivity contribution is -0.138. The van der Waals surface area contributed by atoms with E-state index in [0.717, 1.165) is 0 Å². The molecule has 1 atom stereocenters. The monoisotopic (exact) mass is 375 g/mol. The Hall–Kier alpha value is -2.10. The second-order valence-corrected chi connectivity index (χ2v) is 8.06. The summed E-state index contributed by atoms with van der Waals surface area (Å²) >= 11 is 0. The first-order valence-corrected chi connectivity index (χ1v) is 9.26. The molecule has 0 saturated carbocycles. The number of rotatable bonds is 1. The molecule has 0 unspecified atom stereocenters. The molecule has 0 aromatic carbocycles. The van der Waals surface area contributed by atoms with Gasteiger partial charge in [0.2, 0.25) is 5.91 Å². The average Bonchev–Trinajstić information content (AvgIpc) is 2.68. The highest BCUT2D eigenvalue weighted by atomic mass is 32.2. The Morgan fingerprint density at radius 3 is 2.72 bits per heavy atom. The van der Waals surface area contributed by atoms with Crippen molar-refractivity contribution in [2.45, 2.75) is 23.5 Å². The summed E-state index contributed by atoms with van der Waals surface area (Å²) in [5.41, 5.74) is -1.09. The van der Waals surface area contributed by atoms with E-state index in [-0.39, 0.29) is 36.5 Å². The molecular weight excluding hydrogens is 359 g/mol. The first kappa shape index (κ1) is 17.7. The number of amides is 1. The Balaban J connectivity index is 2.03. The van der Waals surface area contributed by atoms with Gasteiger partial charge in [0.25, 0.3) is 0 Å². The fourth-order valence-electron chi connectivity index (χ4n) is 3.15. The topological polar surface area (TPSA) is 70.6 Å². The van der Waals surface area contributed by atoms with E-state index in [1.807, 2.05) is 0 Å². The zero-order valence-electron chi connectivity index (χ0n) is 13.2. The molecule has 1 aromatic heterocycles. The van der Waals surface area contributed by atoms with E-state index in [9.17, 15) is 26.4 Å². The molecule has 0 radical (unpaired) electrons. The normalized spacial score (nSPS) is 22.6. The molecule has 2 aliphatic rings. The maximum Gasteiger partial charge on any atom is 0.417 e. The number of aromatic nitrogens is 1. The molecule has 3 rings (SSSR count). The number of piperazine rings is 1. The van der Waals surface area contributed by atoms with E-state index in [0.29, 0.717) is 25.4 Å². The Labute approximate surface area is 142 Å². The van der Waals surface area contributed by atoms with Crippen LogP contribution >= 0.6 is 0 Å². The van der Waals surface area contributed by atoms with Gasteiger partial charge in [-0.25, -0.2) is 13.4 Å². The minimum Gasteiger partial charge on any atom is -0.349 e. The van der Waals surface area contributed by atoms with Gasteiger partial charge >= 0.3 is 6.18 Å². The van der Waals surface area contributed by atoms with Gasteiger partial charge in [-0.15, -0.1) is 0 Å². The van der Waals surface area contributed by atoms with E-state index in [4.69, 9.17) is 0 Å². The summed E-state index contributed by atoms with van der Waals surface area (Å²) in [4.78, 5) is 18.4. The lowest BCUT2D eigenvalue weighted by Crippen LogP contribution is -2.54. The van der Waals surface area contributed by atoms with Crippen LogP contribution in [0.5, 0.6) is 0 Å². The number of alkyl halides is 3. The molecule has 1 aromatic rings. The van der Waals surface area contributed by atoms with Gasteiger partial charge < -0.3 is 9.80 Å². The number of anilines is 1. The third-order valence-corrected chi connectivity index (χ3v) is 6.20. The number of pyridine rings is 1. The van der Waals surface area contributed by atoms with Crippen LogP contribution in [0.4, 0.5) is 19.0 Å². The van der Waals surface area contributed by atoms with Crippen molar-refractivity contribution in [3.05, 3.63) is 30.5 Å². The zero-order valence-corrected chi connectivity index (χ0v) is 14.0. The Kier molecular flexibility index (Phi) is 4.26. The Bertz CT molecular complexity index is 823. The van der Waals surface area contributed by atoms with Gasteiger partial charge in [0.05, 0.1) is 11.3 Å². The summed E-state index contributed by atoms with van der Waals surface area (Å²) in [6.07, 6.45) is -2.62. The smallest absolute Gasteiger partial charge is 0.349 e. The van der Waals surface area contributed by atoms with Crippen LogP contribution in [-0.4, -0.2) is 55.6 Å². The molecule has 10 heteroatoms. The second kappa shape index (κ2) is 6.01. The highest BCUT2D eigenvalue weighted by molar-refractivity contribution is 7.91. The van der Waals surface area contributed by atoms with Crippen molar-refractivity contribution in [2.24, 2.45) is 0 Å². The minimum atomic E-state index is -4.67. The van der Waals surface area contributed by atoms with E-state index in [1.165, 1.54) is 6.08 Å². The number of carbonyl (C=O) groups excluding carboxylic acids is 1. The Morgan fingerprint density at radius 1 is 1.36 bits per heavy atom. The van der Waals surface area contributed by atoms with Crippen molar-refractivity contribution in [3.8, 4) is 0 Å². The number of sulfone groups is 1. The summed E-state index contributed by atoms with van der Waals surface area (Å²) < 4.78 is 63.7. The fraction of sp³-hybridized carbons (Fsp3) is 0.467. The number of halogens is 3. The quantitative estimate of drug-likeness (QED) is 0.696. The third kappa shape index (κ3) is 3.22. The number of fused-ring (bicyclic) bond motifs is 3. The van der Waals surface area contributed by atoms with Crippen LogP contribution in [0.1, 0.15) is 12.0 Å². The van der Waals surface area contributed by atoms with Crippen molar-refractivity contribution in [1.82, 2.24) is 9.88 Å². The molecule has 1 amide bonds. The fourth-order valence-corrected chi connectivity index (χ4v) is 4.71. The first-order chi connectivity index (χ1) is 11.6. The van der Waals surface area contributed by atoms with E-state index >= 15 is 0 Å². The standard InChI is InChI=1S/C15H16F3N3O3S/c1-2-13(22)20-4-5-21-11(9-20)3-6-25(23,24)12-7-10(15(16,17)18)8-19-14(12)21/h2,7-8,11H,1,3-6,9H2/t11-/m0/s1. The molecular formula is C15H16F3N3O3S. The van der Waals surface area contributed by atoms with Crippen LogP contribution in [0.25, 0.3) is 0 Å². The van der Waals surface area contributed by atoms with Crippen LogP contribution in [-0.2, 0) is 20.8 Å². The molecule has 2 aliphatic heterocycles. The summed E-state index contributed by atoms with van der Waals surface area (Å²) in [7, 11) is -3.89. The largest absolute Gasteiger partial charge is 0.417 e. The number of hydrogen-bond donors (Lipinski definition) is 0. The molecule has 1 fully saturated rings. The number of hydrogen-bond acceptors (Lipinski definition) is 5. The molecule has 25 heavy (non-hydrogen) atoms. The highest BCUT2D eigenvalue weighted by Crippen LogP contribution is 2.37. The molecule has 0 bridgehead atoms. The summed E-state index contributed by atoms with van der Waals surface area (Å²) in [6.45, 7) is 4.33. The van der Waals surface area contributed by atoms with E-state index in [1.54, 1.807) is 9.80 Å². The molecule has 6 nitrogen and oxygen atoms in total. The van der Waals surface area contributed by atoms with Crippen LogP contribution in [0.2, 0.25) is 0 Å². The maximum absolute atomic E-state index is 12.9. The van der Waals surface area contributed by atoms with Crippen LogP contribution in [0.15, 0.2) is 29.8 Å². The van der Waals surface area contributed by atoms with Crippen molar-refractivity contribution in [3.63, 3.8) is 0 Å². The van der Waals surface area contributed by atoms with Crippen molar-refractivity contribution >= 4 is 21.6 Å². The molecule has 3 heterocycles. The molecule has 0 N–H and O–H groups in total.